The van der Waals surface area contributed by atoms with Crippen LogP contribution in [0.5, 0.6) is 0 Å². The summed E-state index contributed by atoms with van der Waals surface area (Å²) in [6.07, 6.45) is 6.06. The summed E-state index contributed by atoms with van der Waals surface area (Å²) in [4.78, 5) is 24.1. The first-order valence-electron chi connectivity index (χ1n) is 9.28. The van der Waals surface area contributed by atoms with E-state index in [0.29, 0.717) is 24.7 Å². The van der Waals surface area contributed by atoms with Gasteiger partial charge in [-0.2, -0.15) is 0 Å². The van der Waals surface area contributed by atoms with E-state index in [1.807, 2.05) is 18.2 Å². The van der Waals surface area contributed by atoms with Gasteiger partial charge < -0.3 is 10.6 Å². The molecule has 4 heteroatoms. The first kappa shape index (κ1) is 17.0. The van der Waals surface area contributed by atoms with E-state index in [9.17, 15) is 9.59 Å². The molecule has 24 heavy (non-hydrogen) atoms. The zero-order valence-electron chi connectivity index (χ0n) is 14.5. The molecule has 1 aromatic rings. The zero-order valence-corrected chi connectivity index (χ0v) is 14.5. The van der Waals surface area contributed by atoms with Crippen LogP contribution in [-0.2, 0) is 16.0 Å². The molecule has 2 N–H and O–H groups in total. The van der Waals surface area contributed by atoms with E-state index >= 15 is 0 Å². The largest absolute Gasteiger partial charge is 0.353 e. The highest BCUT2D eigenvalue weighted by molar-refractivity contribution is 5.78. The molecule has 1 aliphatic heterocycles. The minimum atomic E-state index is 0.122. The standard InChI is InChI=1S/C20H28N2O2/c1-2-15-12-20(24)22-18-13-16(9-10-17(15)18)21-19(23)11-8-14-6-4-3-5-7-14/h3-7,15-18H,2,8-13H2,1H3,(H,21,23)(H,22,24). The van der Waals surface area contributed by atoms with Crippen LogP contribution in [0.1, 0.15) is 51.0 Å². The van der Waals surface area contributed by atoms with Crippen LogP contribution >= 0.6 is 0 Å². The molecule has 4 nitrogen and oxygen atoms in total. The molecule has 0 aromatic heterocycles. The van der Waals surface area contributed by atoms with Crippen molar-refractivity contribution in [2.45, 2.75) is 64.0 Å². The number of piperidine rings is 1. The molecule has 3 rings (SSSR count). The summed E-state index contributed by atoms with van der Waals surface area (Å²) in [5, 5.41) is 6.33. The van der Waals surface area contributed by atoms with Gasteiger partial charge >= 0.3 is 0 Å². The molecule has 4 unspecified atom stereocenters. The van der Waals surface area contributed by atoms with Crippen molar-refractivity contribution in [3.8, 4) is 0 Å². The van der Waals surface area contributed by atoms with E-state index in [2.05, 4.69) is 29.7 Å². The third kappa shape index (κ3) is 4.16. The van der Waals surface area contributed by atoms with Gasteiger partial charge in [0.25, 0.3) is 0 Å². The Labute approximate surface area is 144 Å². The fourth-order valence-corrected chi connectivity index (χ4v) is 4.36. The maximum Gasteiger partial charge on any atom is 0.220 e. The number of carbonyl (C=O) groups is 2. The van der Waals surface area contributed by atoms with E-state index in [0.717, 1.165) is 32.1 Å². The Hall–Kier alpha value is -1.84. The molecule has 2 amide bonds. The van der Waals surface area contributed by atoms with Crippen molar-refractivity contribution in [3.05, 3.63) is 35.9 Å². The number of nitrogens with one attached hydrogen (secondary N) is 2. The van der Waals surface area contributed by atoms with Crippen molar-refractivity contribution in [2.24, 2.45) is 11.8 Å². The number of rotatable bonds is 5. The van der Waals surface area contributed by atoms with E-state index < -0.39 is 0 Å². The lowest BCUT2D eigenvalue weighted by Crippen LogP contribution is -2.55. The molecule has 1 heterocycles. The molecule has 1 aliphatic carbocycles. The summed E-state index contributed by atoms with van der Waals surface area (Å²) in [5.41, 5.74) is 1.20. The summed E-state index contributed by atoms with van der Waals surface area (Å²) in [6.45, 7) is 2.18. The van der Waals surface area contributed by atoms with Gasteiger partial charge in [0, 0.05) is 24.9 Å². The van der Waals surface area contributed by atoms with Gasteiger partial charge in [0.2, 0.25) is 11.8 Å². The first-order chi connectivity index (χ1) is 11.7. The van der Waals surface area contributed by atoms with E-state index in [1.54, 1.807) is 0 Å². The maximum atomic E-state index is 12.2. The monoisotopic (exact) mass is 328 g/mol. The summed E-state index contributed by atoms with van der Waals surface area (Å²) >= 11 is 0. The molecule has 2 fully saturated rings. The van der Waals surface area contributed by atoms with Crippen LogP contribution in [0.4, 0.5) is 0 Å². The Morgan fingerprint density at radius 2 is 2.04 bits per heavy atom. The third-order valence-electron chi connectivity index (χ3n) is 5.68. The van der Waals surface area contributed by atoms with Crippen LogP contribution in [-0.4, -0.2) is 23.9 Å². The van der Waals surface area contributed by atoms with E-state index in [-0.39, 0.29) is 23.9 Å². The smallest absolute Gasteiger partial charge is 0.220 e. The molecule has 2 aliphatic rings. The SMILES string of the molecule is CCC1CC(=O)NC2CC(NC(=O)CCc3ccccc3)CCC12. The number of amides is 2. The van der Waals surface area contributed by atoms with Gasteiger partial charge in [-0.1, -0.05) is 43.7 Å². The number of fused-ring (bicyclic) bond motifs is 1. The molecule has 4 atom stereocenters. The van der Waals surface area contributed by atoms with Crippen LogP contribution in [0.2, 0.25) is 0 Å². The average molecular weight is 328 g/mol. The molecule has 1 saturated carbocycles. The van der Waals surface area contributed by atoms with E-state index in [1.165, 1.54) is 5.56 Å². The van der Waals surface area contributed by atoms with Crippen LogP contribution in [0.3, 0.4) is 0 Å². The second kappa shape index (κ2) is 7.82. The van der Waals surface area contributed by atoms with Gasteiger partial charge in [0.05, 0.1) is 0 Å². The molecule has 0 bridgehead atoms. The van der Waals surface area contributed by atoms with Crippen LogP contribution in [0.15, 0.2) is 30.3 Å². The summed E-state index contributed by atoms with van der Waals surface area (Å²) in [6, 6.07) is 10.6. The van der Waals surface area contributed by atoms with Crippen molar-refractivity contribution >= 4 is 11.8 Å². The van der Waals surface area contributed by atoms with Crippen molar-refractivity contribution < 1.29 is 9.59 Å². The molecular weight excluding hydrogens is 300 g/mol. The minimum Gasteiger partial charge on any atom is -0.353 e. The fraction of sp³-hybridized carbons (Fsp3) is 0.600. The highest BCUT2D eigenvalue weighted by Gasteiger charge is 2.40. The van der Waals surface area contributed by atoms with E-state index in [4.69, 9.17) is 0 Å². The predicted octanol–water partition coefficient (Wildman–Crippen LogP) is 2.82. The minimum absolute atomic E-state index is 0.122. The molecule has 130 valence electrons. The summed E-state index contributed by atoms with van der Waals surface area (Å²) in [7, 11) is 0. The van der Waals surface area contributed by atoms with Crippen molar-refractivity contribution in [1.29, 1.82) is 0 Å². The molecule has 0 radical (unpaired) electrons. The predicted molar refractivity (Wildman–Crippen MR) is 94.4 cm³/mol. The first-order valence-corrected chi connectivity index (χ1v) is 9.28. The second-order valence-corrected chi connectivity index (χ2v) is 7.27. The molecule has 1 saturated heterocycles. The molecule has 0 spiro atoms. The number of aryl methyl sites for hydroxylation is 1. The van der Waals surface area contributed by atoms with Crippen LogP contribution in [0.25, 0.3) is 0 Å². The Balaban J connectivity index is 1.48. The van der Waals surface area contributed by atoms with Crippen molar-refractivity contribution in [3.63, 3.8) is 0 Å². The lowest BCUT2D eigenvalue weighted by molar-refractivity contribution is -0.127. The topological polar surface area (TPSA) is 58.2 Å². The highest BCUT2D eigenvalue weighted by atomic mass is 16.2. The fourth-order valence-electron chi connectivity index (χ4n) is 4.36. The van der Waals surface area contributed by atoms with Crippen molar-refractivity contribution in [1.82, 2.24) is 10.6 Å². The number of carbonyl (C=O) groups excluding carboxylic acids is 2. The number of benzene rings is 1. The van der Waals surface area contributed by atoms with Crippen LogP contribution < -0.4 is 10.6 Å². The lowest BCUT2D eigenvalue weighted by atomic mass is 9.70. The molecule has 1 aromatic carbocycles. The molecular formula is C20H28N2O2. The number of hydrogen-bond acceptors (Lipinski definition) is 2. The Kier molecular flexibility index (Phi) is 5.54. The van der Waals surface area contributed by atoms with Crippen LogP contribution in [0, 0.1) is 11.8 Å². The van der Waals surface area contributed by atoms with Gasteiger partial charge in [-0.25, -0.2) is 0 Å². The second-order valence-electron chi connectivity index (χ2n) is 7.27. The van der Waals surface area contributed by atoms with Gasteiger partial charge in [-0.15, -0.1) is 0 Å². The Morgan fingerprint density at radius 1 is 1.25 bits per heavy atom. The van der Waals surface area contributed by atoms with Gasteiger partial charge in [0.15, 0.2) is 0 Å². The van der Waals surface area contributed by atoms with Gasteiger partial charge in [-0.05, 0) is 43.1 Å². The Morgan fingerprint density at radius 3 is 2.79 bits per heavy atom. The third-order valence-corrected chi connectivity index (χ3v) is 5.68. The average Bonchev–Trinajstić information content (AvgIpc) is 2.59. The Bertz CT molecular complexity index is 572. The summed E-state index contributed by atoms with van der Waals surface area (Å²) in [5.74, 6) is 1.40. The number of hydrogen-bond donors (Lipinski definition) is 2. The summed E-state index contributed by atoms with van der Waals surface area (Å²) < 4.78 is 0. The van der Waals surface area contributed by atoms with Gasteiger partial charge in [0.1, 0.15) is 0 Å². The zero-order chi connectivity index (χ0) is 16.9. The maximum absolute atomic E-state index is 12.2. The quantitative estimate of drug-likeness (QED) is 0.873. The lowest BCUT2D eigenvalue weighted by Gasteiger charge is -2.44. The van der Waals surface area contributed by atoms with Crippen molar-refractivity contribution in [2.75, 3.05) is 0 Å². The van der Waals surface area contributed by atoms with Gasteiger partial charge in [-0.3, -0.25) is 9.59 Å². The highest BCUT2D eigenvalue weighted by Crippen LogP contribution is 2.36. The normalized spacial score (nSPS) is 29.5.